The Morgan fingerprint density at radius 3 is 2.57 bits per heavy atom. The van der Waals surface area contributed by atoms with Crippen molar-refractivity contribution in [3.63, 3.8) is 0 Å². The molecule has 0 aliphatic carbocycles. The first-order valence-corrected chi connectivity index (χ1v) is 10.8. The summed E-state index contributed by atoms with van der Waals surface area (Å²) in [6.07, 6.45) is -0.975. The van der Waals surface area contributed by atoms with E-state index in [4.69, 9.17) is 9.29 Å². The number of cyclic esters (lactones) is 1. The fraction of sp³-hybridized carbons (Fsp3) is 0.300. The van der Waals surface area contributed by atoms with Crippen LogP contribution in [0.4, 0.5) is 14.9 Å². The van der Waals surface area contributed by atoms with Gasteiger partial charge in [-0.25, -0.2) is 9.18 Å². The lowest BCUT2D eigenvalue weighted by Crippen LogP contribution is -2.33. The van der Waals surface area contributed by atoms with E-state index in [0.717, 1.165) is 0 Å². The zero-order valence-electron chi connectivity index (χ0n) is 16.2. The molecule has 1 saturated heterocycles. The van der Waals surface area contributed by atoms with E-state index in [1.54, 1.807) is 36.4 Å². The van der Waals surface area contributed by atoms with Gasteiger partial charge in [0.15, 0.2) is 0 Å². The van der Waals surface area contributed by atoms with Crippen molar-refractivity contribution in [2.75, 3.05) is 23.7 Å². The molecule has 3 rings (SSSR count). The van der Waals surface area contributed by atoms with Gasteiger partial charge < -0.3 is 10.1 Å². The molecule has 2 aromatic carbocycles. The number of rotatable bonds is 7. The van der Waals surface area contributed by atoms with Gasteiger partial charge in [0.05, 0.1) is 24.5 Å². The highest BCUT2D eigenvalue weighted by molar-refractivity contribution is 7.85. The predicted molar refractivity (Wildman–Crippen MR) is 108 cm³/mol. The van der Waals surface area contributed by atoms with Crippen LogP contribution in [0.25, 0.3) is 11.1 Å². The maximum absolute atomic E-state index is 14.7. The van der Waals surface area contributed by atoms with Gasteiger partial charge in [-0.1, -0.05) is 24.3 Å². The fourth-order valence-electron chi connectivity index (χ4n) is 3.10. The Morgan fingerprint density at radius 2 is 1.97 bits per heavy atom. The van der Waals surface area contributed by atoms with Crippen LogP contribution in [0.3, 0.4) is 0 Å². The van der Waals surface area contributed by atoms with Gasteiger partial charge in [0.1, 0.15) is 11.9 Å². The molecule has 10 heteroatoms. The van der Waals surface area contributed by atoms with E-state index >= 15 is 0 Å². The standard InChI is InChI=1S/C20H21FN2O6S/c1-13(24)22-11-17-12-23(20(25)29-17)16-6-7-18(19(21)10-16)15-4-2-14(3-5-15)8-9-30(26,27)28/h2-7,10,17H,8-9,11-12H2,1H3,(H,22,24)(H,26,27,28)/t17-/m0/s1. The molecule has 8 nitrogen and oxygen atoms in total. The molecule has 0 unspecified atom stereocenters. The summed E-state index contributed by atoms with van der Waals surface area (Å²) in [6, 6.07) is 11.0. The predicted octanol–water partition coefficient (Wildman–Crippen LogP) is 2.38. The molecule has 30 heavy (non-hydrogen) atoms. The maximum Gasteiger partial charge on any atom is 0.414 e. The van der Waals surface area contributed by atoms with Crippen molar-refractivity contribution >= 4 is 27.8 Å². The van der Waals surface area contributed by atoms with Gasteiger partial charge >= 0.3 is 6.09 Å². The molecule has 1 aliphatic heterocycles. The smallest absolute Gasteiger partial charge is 0.414 e. The second-order valence-electron chi connectivity index (χ2n) is 6.95. The second kappa shape index (κ2) is 8.80. The Kier molecular flexibility index (Phi) is 6.37. The van der Waals surface area contributed by atoms with E-state index in [1.165, 1.54) is 17.9 Å². The molecule has 2 amide bonds. The van der Waals surface area contributed by atoms with Gasteiger partial charge in [0.2, 0.25) is 5.91 Å². The highest BCUT2D eigenvalue weighted by Crippen LogP contribution is 2.29. The van der Waals surface area contributed by atoms with Crippen LogP contribution in [0, 0.1) is 5.82 Å². The van der Waals surface area contributed by atoms with E-state index < -0.39 is 28.1 Å². The summed E-state index contributed by atoms with van der Waals surface area (Å²) in [7, 11) is -4.04. The summed E-state index contributed by atoms with van der Waals surface area (Å²) < 4.78 is 50.4. The van der Waals surface area contributed by atoms with Crippen LogP contribution in [-0.2, 0) is 26.1 Å². The van der Waals surface area contributed by atoms with E-state index in [-0.39, 0.29) is 31.2 Å². The summed E-state index contributed by atoms with van der Waals surface area (Å²) in [6.45, 7) is 1.74. The number of ether oxygens (including phenoxy) is 1. The van der Waals surface area contributed by atoms with Crippen LogP contribution < -0.4 is 10.2 Å². The number of amides is 2. The van der Waals surface area contributed by atoms with Crippen molar-refractivity contribution in [3.05, 3.63) is 53.8 Å². The minimum absolute atomic E-state index is 0.150. The average molecular weight is 436 g/mol. The van der Waals surface area contributed by atoms with Crippen LogP contribution in [0.15, 0.2) is 42.5 Å². The van der Waals surface area contributed by atoms with Crippen molar-refractivity contribution < 1.29 is 31.7 Å². The van der Waals surface area contributed by atoms with Crippen LogP contribution in [0.2, 0.25) is 0 Å². The number of halogens is 1. The normalized spacial score (nSPS) is 16.4. The Balaban J connectivity index is 1.71. The number of carbonyl (C=O) groups is 2. The van der Waals surface area contributed by atoms with Crippen LogP contribution in [-0.4, -0.2) is 49.9 Å². The lowest BCUT2D eigenvalue weighted by molar-refractivity contribution is -0.119. The number of nitrogens with one attached hydrogen (secondary N) is 1. The molecule has 1 atom stereocenters. The molecular formula is C20H21FN2O6S. The molecular weight excluding hydrogens is 415 g/mol. The highest BCUT2D eigenvalue weighted by Gasteiger charge is 2.32. The summed E-state index contributed by atoms with van der Waals surface area (Å²) in [5, 5.41) is 2.58. The van der Waals surface area contributed by atoms with Crippen LogP contribution in [0.5, 0.6) is 0 Å². The number of hydrogen-bond donors (Lipinski definition) is 2. The van der Waals surface area contributed by atoms with Gasteiger partial charge in [-0.15, -0.1) is 0 Å². The molecule has 0 radical (unpaired) electrons. The van der Waals surface area contributed by atoms with Crippen molar-refractivity contribution in [1.82, 2.24) is 5.32 Å². The van der Waals surface area contributed by atoms with E-state index in [1.807, 2.05) is 0 Å². The maximum atomic E-state index is 14.7. The fourth-order valence-corrected chi connectivity index (χ4v) is 3.59. The van der Waals surface area contributed by atoms with Gasteiger partial charge in [-0.2, -0.15) is 8.42 Å². The van der Waals surface area contributed by atoms with Gasteiger partial charge in [-0.05, 0) is 35.7 Å². The number of nitrogens with zero attached hydrogens (tertiary/aromatic N) is 1. The Hall–Kier alpha value is -2.98. The topological polar surface area (TPSA) is 113 Å². The quantitative estimate of drug-likeness (QED) is 0.645. The molecule has 160 valence electrons. The summed E-state index contributed by atoms with van der Waals surface area (Å²) >= 11 is 0. The van der Waals surface area contributed by atoms with Crippen molar-refractivity contribution in [2.24, 2.45) is 0 Å². The first kappa shape index (κ1) is 21.7. The van der Waals surface area contributed by atoms with E-state index in [9.17, 15) is 22.4 Å². The first-order valence-electron chi connectivity index (χ1n) is 9.19. The largest absolute Gasteiger partial charge is 0.442 e. The van der Waals surface area contributed by atoms with E-state index in [0.29, 0.717) is 22.4 Å². The Bertz CT molecular complexity index is 1060. The minimum atomic E-state index is -4.04. The molecule has 0 aromatic heterocycles. The molecule has 0 spiro atoms. The van der Waals surface area contributed by atoms with Crippen LogP contribution in [0.1, 0.15) is 12.5 Å². The van der Waals surface area contributed by atoms with Gasteiger partial charge in [0, 0.05) is 12.5 Å². The number of hydrogen-bond acceptors (Lipinski definition) is 5. The number of carbonyl (C=O) groups excluding carboxylic acids is 2. The van der Waals surface area contributed by atoms with Crippen LogP contribution >= 0.6 is 0 Å². The molecule has 1 fully saturated rings. The van der Waals surface area contributed by atoms with Crippen molar-refractivity contribution in [2.45, 2.75) is 19.4 Å². The third-order valence-corrected chi connectivity index (χ3v) is 5.35. The first-order chi connectivity index (χ1) is 14.1. The van der Waals surface area contributed by atoms with Gasteiger partial charge in [-0.3, -0.25) is 14.2 Å². The zero-order chi connectivity index (χ0) is 21.9. The molecule has 1 heterocycles. The monoisotopic (exact) mass is 436 g/mol. The Morgan fingerprint density at radius 1 is 1.27 bits per heavy atom. The molecule has 2 aromatic rings. The number of anilines is 1. The molecule has 0 saturated carbocycles. The van der Waals surface area contributed by atoms with Crippen molar-refractivity contribution in [1.29, 1.82) is 0 Å². The SMILES string of the molecule is CC(=O)NC[C@H]1CN(c2ccc(-c3ccc(CCS(=O)(=O)O)cc3)c(F)c2)C(=O)O1. The zero-order valence-corrected chi connectivity index (χ0v) is 17.0. The molecule has 2 N–H and O–H groups in total. The average Bonchev–Trinajstić information content (AvgIpc) is 3.05. The second-order valence-corrected chi connectivity index (χ2v) is 8.52. The Labute approximate surface area is 173 Å². The third kappa shape index (κ3) is 5.55. The van der Waals surface area contributed by atoms with Gasteiger partial charge in [0.25, 0.3) is 10.1 Å². The van der Waals surface area contributed by atoms with Crippen molar-refractivity contribution in [3.8, 4) is 11.1 Å². The third-order valence-electron chi connectivity index (χ3n) is 4.63. The molecule has 0 bridgehead atoms. The lowest BCUT2D eigenvalue weighted by Gasteiger charge is -2.14. The number of benzene rings is 2. The van der Waals surface area contributed by atoms with E-state index in [2.05, 4.69) is 5.32 Å². The summed E-state index contributed by atoms with van der Waals surface area (Å²) in [5.41, 5.74) is 1.94. The summed E-state index contributed by atoms with van der Waals surface area (Å²) in [4.78, 5) is 24.4. The molecule has 1 aliphatic rings. The minimum Gasteiger partial charge on any atom is -0.442 e. The number of aryl methyl sites for hydroxylation is 1. The lowest BCUT2D eigenvalue weighted by atomic mass is 10.0. The highest BCUT2D eigenvalue weighted by atomic mass is 32.2. The summed E-state index contributed by atoms with van der Waals surface area (Å²) in [5.74, 6) is -1.15.